The maximum absolute atomic E-state index is 6.33. The number of fused-ring (bicyclic) bond motifs is 1. The molecule has 3 rings (SSSR count). The summed E-state index contributed by atoms with van der Waals surface area (Å²) < 4.78 is 5.95. The molecule has 0 bridgehead atoms. The molecule has 2 aromatic carbocycles. The van der Waals surface area contributed by atoms with Gasteiger partial charge in [-0.2, -0.15) is 0 Å². The average Bonchev–Trinajstić information content (AvgIpc) is 2.66. The van der Waals surface area contributed by atoms with E-state index in [0.29, 0.717) is 17.5 Å². The van der Waals surface area contributed by atoms with Gasteiger partial charge in [0.15, 0.2) is 0 Å². The summed E-state index contributed by atoms with van der Waals surface area (Å²) in [5, 5.41) is 4.15. The zero-order valence-electron chi connectivity index (χ0n) is 14.2. The van der Waals surface area contributed by atoms with Crippen molar-refractivity contribution in [2.24, 2.45) is 0 Å². The molecule has 0 atom stereocenters. The van der Waals surface area contributed by atoms with Gasteiger partial charge in [-0.1, -0.05) is 48.0 Å². The van der Waals surface area contributed by atoms with Crippen molar-refractivity contribution in [3.05, 3.63) is 81.9 Å². The van der Waals surface area contributed by atoms with E-state index in [9.17, 15) is 0 Å². The Morgan fingerprint density at radius 2 is 2.00 bits per heavy atom. The number of rotatable bonds is 5. The van der Waals surface area contributed by atoms with Crippen molar-refractivity contribution in [1.82, 2.24) is 5.32 Å². The van der Waals surface area contributed by atoms with Crippen LogP contribution in [-0.4, -0.2) is 12.4 Å². The van der Waals surface area contributed by atoms with Crippen molar-refractivity contribution in [2.45, 2.75) is 20.0 Å². The highest BCUT2D eigenvalue weighted by molar-refractivity contribution is 6.33. The molecule has 1 aliphatic heterocycles. The molecule has 0 saturated carbocycles. The first-order chi connectivity index (χ1) is 12.2. The Balaban J connectivity index is 1.83. The maximum atomic E-state index is 6.33. The number of hydrogen-bond acceptors (Lipinski definition) is 2. The van der Waals surface area contributed by atoms with E-state index in [-0.39, 0.29) is 0 Å². The molecule has 1 heterocycles. The smallest absolute Gasteiger partial charge is 0.120 e. The van der Waals surface area contributed by atoms with E-state index >= 15 is 0 Å². The predicted molar refractivity (Wildman–Crippen MR) is 106 cm³/mol. The summed E-state index contributed by atoms with van der Waals surface area (Å²) >= 11 is 12.1. The largest absolute Gasteiger partial charge is 0.489 e. The number of nitrogens with one attached hydrogen (secondary N) is 1. The molecule has 1 aliphatic rings. The minimum Gasteiger partial charge on any atom is -0.489 e. The number of benzene rings is 2. The molecule has 0 aromatic heterocycles. The van der Waals surface area contributed by atoms with E-state index in [1.54, 1.807) is 0 Å². The zero-order valence-corrected chi connectivity index (χ0v) is 15.7. The predicted octanol–water partition coefficient (Wildman–Crippen LogP) is 5.50. The number of allylic oxidation sites excluding steroid dienone is 3. The third-order valence-electron chi connectivity index (χ3n) is 4.28. The normalized spacial score (nSPS) is 16.0. The Kier molecular flexibility index (Phi) is 6.06. The third-order valence-corrected chi connectivity index (χ3v) is 4.87. The number of alkyl halides is 1. The van der Waals surface area contributed by atoms with E-state index in [2.05, 4.69) is 29.6 Å². The molecule has 2 aromatic rings. The summed E-state index contributed by atoms with van der Waals surface area (Å²) in [5.41, 5.74) is 5.70. The summed E-state index contributed by atoms with van der Waals surface area (Å²) in [4.78, 5) is 0. The molecule has 0 saturated heterocycles. The van der Waals surface area contributed by atoms with Crippen LogP contribution in [0.3, 0.4) is 0 Å². The molecule has 2 nitrogen and oxygen atoms in total. The second kappa shape index (κ2) is 8.46. The Bertz CT molecular complexity index is 797. The minimum atomic E-state index is 0.405. The first-order valence-electron chi connectivity index (χ1n) is 8.36. The molecule has 0 amide bonds. The molecule has 1 N–H and O–H groups in total. The first-order valence-corrected chi connectivity index (χ1v) is 9.27. The maximum Gasteiger partial charge on any atom is 0.120 e. The molecule has 0 spiro atoms. The Morgan fingerprint density at radius 3 is 2.76 bits per heavy atom. The fourth-order valence-electron chi connectivity index (χ4n) is 2.94. The molecular formula is C21H21Cl2NO. The third kappa shape index (κ3) is 4.39. The fourth-order valence-corrected chi connectivity index (χ4v) is 3.35. The zero-order chi connectivity index (χ0) is 17.6. The minimum absolute atomic E-state index is 0.405. The standard InChI is InChI=1S/C21H21Cl2NO/c1-15(20(23)9-11-22)21-19-8-7-18(13-17(19)10-12-24-21)25-14-16-5-3-2-4-6-16/h2-9,13,24H,10-12,14H2,1H3/b20-9+,21-15-. The van der Waals surface area contributed by atoms with Crippen LogP contribution in [0.1, 0.15) is 23.6 Å². The van der Waals surface area contributed by atoms with Gasteiger partial charge in [0.05, 0.1) is 0 Å². The quantitative estimate of drug-likeness (QED) is 0.698. The van der Waals surface area contributed by atoms with Gasteiger partial charge in [-0.15, -0.1) is 11.6 Å². The van der Waals surface area contributed by atoms with Gasteiger partial charge in [-0.05, 0) is 48.2 Å². The van der Waals surface area contributed by atoms with Crippen molar-refractivity contribution in [3.8, 4) is 5.75 Å². The highest BCUT2D eigenvalue weighted by Gasteiger charge is 2.17. The summed E-state index contributed by atoms with van der Waals surface area (Å²) in [7, 11) is 0. The lowest BCUT2D eigenvalue weighted by atomic mass is 9.95. The van der Waals surface area contributed by atoms with Gasteiger partial charge in [0.25, 0.3) is 0 Å². The molecular weight excluding hydrogens is 353 g/mol. The van der Waals surface area contributed by atoms with E-state index in [1.165, 1.54) is 11.1 Å². The second-order valence-corrected chi connectivity index (χ2v) is 6.69. The van der Waals surface area contributed by atoms with Crippen LogP contribution in [0.4, 0.5) is 0 Å². The molecule has 25 heavy (non-hydrogen) atoms. The van der Waals surface area contributed by atoms with Crippen molar-refractivity contribution in [1.29, 1.82) is 0 Å². The van der Waals surface area contributed by atoms with Crippen LogP contribution in [-0.2, 0) is 13.0 Å². The molecule has 4 heteroatoms. The van der Waals surface area contributed by atoms with Gasteiger partial charge < -0.3 is 10.1 Å². The van der Waals surface area contributed by atoms with Gasteiger partial charge in [0, 0.05) is 28.7 Å². The van der Waals surface area contributed by atoms with Gasteiger partial charge in [0.2, 0.25) is 0 Å². The Morgan fingerprint density at radius 1 is 1.20 bits per heavy atom. The van der Waals surface area contributed by atoms with Crippen LogP contribution in [0.5, 0.6) is 5.75 Å². The lowest BCUT2D eigenvalue weighted by Gasteiger charge is -2.24. The summed E-state index contributed by atoms with van der Waals surface area (Å²) in [6.45, 7) is 3.47. The molecule has 0 radical (unpaired) electrons. The lowest BCUT2D eigenvalue weighted by molar-refractivity contribution is 0.306. The van der Waals surface area contributed by atoms with Crippen LogP contribution in [0.15, 0.2) is 65.2 Å². The summed E-state index contributed by atoms with van der Waals surface area (Å²) in [6, 6.07) is 16.4. The second-order valence-electron chi connectivity index (χ2n) is 5.98. The molecule has 130 valence electrons. The average molecular weight is 374 g/mol. The SMILES string of the molecule is CC(=C1/NCCc2cc(OCc3ccccc3)ccc21)/C(Cl)=C\CCl. The summed E-state index contributed by atoms with van der Waals surface area (Å²) in [5.74, 6) is 1.30. The van der Waals surface area contributed by atoms with Crippen LogP contribution in [0.25, 0.3) is 5.70 Å². The topological polar surface area (TPSA) is 21.3 Å². The monoisotopic (exact) mass is 373 g/mol. The number of halogens is 2. The van der Waals surface area contributed by atoms with Crippen molar-refractivity contribution >= 4 is 28.9 Å². The molecule has 0 unspecified atom stereocenters. The van der Waals surface area contributed by atoms with Crippen LogP contribution in [0, 0.1) is 0 Å². The van der Waals surface area contributed by atoms with Gasteiger partial charge in [-0.25, -0.2) is 0 Å². The highest BCUT2D eigenvalue weighted by atomic mass is 35.5. The van der Waals surface area contributed by atoms with E-state index in [4.69, 9.17) is 27.9 Å². The Hall–Kier alpha value is -1.90. The highest BCUT2D eigenvalue weighted by Crippen LogP contribution is 2.31. The number of ether oxygens (including phenoxy) is 1. The van der Waals surface area contributed by atoms with Gasteiger partial charge >= 0.3 is 0 Å². The van der Waals surface area contributed by atoms with Gasteiger partial charge in [0.1, 0.15) is 12.4 Å². The Labute approximate surface area is 159 Å². The molecule has 0 fully saturated rings. The van der Waals surface area contributed by atoms with Crippen molar-refractivity contribution in [3.63, 3.8) is 0 Å². The summed E-state index contributed by atoms with van der Waals surface area (Å²) in [6.07, 6.45) is 2.78. The molecule has 0 aliphatic carbocycles. The van der Waals surface area contributed by atoms with Crippen LogP contribution in [0.2, 0.25) is 0 Å². The van der Waals surface area contributed by atoms with E-state index in [0.717, 1.165) is 35.5 Å². The fraction of sp³-hybridized carbons (Fsp3) is 0.238. The van der Waals surface area contributed by atoms with Crippen molar-refractivity contribution < 1.29 is 4.74 Å². The van der Waals surface area contributed by atoms with E-state index in [1.807, 2.05) is 37.3 Å². The van der Waals surface area contributed by atoms with Crippen molar-refractivity contribution in [2.75, 3.05) is 12.4 Å². The van der Waals surface area contributed by atoms with Crippen LogP contribution < -0.4 is 10.1 Å². The van der Waals surface area contributed by atoms with E-state index < -0.39 is 0 Å². The van der Waals surface area contributed by atoms with Crippen LogP contribution >= 0.6 is 23.2 Å². The number of hydrogen-bond donors (Lipinski definition) is 1. The van der Waals surface area contributed by atoms with Gasteiger partial charge in [-0.3, -0.25) is 0 Å². The first kappa shape index (κ1) is 17.9. The lowest BCUT2D eigenvalue weighted by Crippen LogP contribution is -2.24.